The maximum absolute atomic E-state index is 13.0. The number of aryl methyl sites for hydroxylation is 1. The van der Waals surface area contributed by atoms with Crippen molar-refractivity contribution in [2.24, 2.45) is 5.73 Å². The number of amides is 1. The molecular weight excluding hydrogens is 314 g/mol. The highest BCUT2D eigenvalue weighted by Gasteiger charge is 2.22. The van der Waals surface area contributed by atoms with E-state index in [1.807, 2.05) is 12.3 Å². The van der Waals surface area contributed by atoms with E-state index in [0.717, 1.165) is 6.42 Å². The summed E-state index contributed by atoms with van der Waals surface area (Å²) < 4.78 is 6.82. The summed E-state index contributed by atoms with van der Waals surface area (Å²) >= 11 is 1.39. The Morgan fingerprint density at radius 2 is 2.30 bits per heavy atom. The van der Waals surface area contributed by atoms with Crippen molar-refractivity contribution in [2.75, 3.05) is 0 Å². The van der Waals surface area contributed by atoms with E-state index in [1.54, 1.807) is 25.3 Å². The number of carbonyl (C=O) groups excluding carboxylic acids is 1. The Kier molecular flexibility index (Phi) is 4.04. The molecule has 3 aromatic rings. The highest BCUT2D eigenvalue weighted by Crippen LogP contribution is 2.31. The van der Waals surface area contributed by atoms with E-state index in [0.29, 0.717) is 33.8 Å². The van der Waals surface area contributed by atoms with E-state index in [2.05, 4.69) is 4.98 Å². The van der Waals surface area contributed by atoms with Crippen LogP contribution in [0.4, 0.5) is 0 Å². The Hall–Kier alpha value is -2.41. The van der Waals surface area contributed by atoms with Gasteiger partial charge in [0.2, 0.25) is 5.91 Å². The lowest BCUT2D eigenvalue weighted by Gasteiger charge is -2.16. The molecule has 0 saturated carbocycles. The number of nitrogens with zero attached hydrogens (tertiary/aromatic N) is 2. The number of thiophene rings is 1. The topological polar surface area (TPSA) is 91.1 Å². The molecule has 0 spiro atoms. The molecule has 6 nitrogen and oxygen atoms in total. The molecule has 3 heterocycles. The number of primary amides is 1. The molecule has 1 atom stereocenters. The summed E-state index contributed by atoms with van der Waals surface area (Å²) in [7, 11) is 0. The summed E-state index contributed by atoms with van der Waals surface area (Å²) in [4.78, 5) is 29.9. The standard InChI is InChI=1S/C16H17N3O3S/c1-3-5-12-18-15-13(16(21)19(12)9(2)14(17)20)10(8-23-15)11-6-4-7-22-11/h4,6-9H,3,5H2,1-2H3,(H2,17,20). The molecular formula is C16H17N3O3S. The normalized spacial score (nSPS) is 12.6. The fourth-order valence-electron chi connectivity index (χ4n) is 2.59. The number of rotatable bonds is 5. The van der Waals surface area contributed by atoms with Crippen LogP contribution in [0.2, 0.25) is 0 Å². The van der Waals surface area contributed by atoms with E-state index in [-0.39, 0.29) is 5.56 Å². The van der Waals surface area contributed by atoms with Gasteiger partial charge in [-0.15, -0.1) is 11.3 Å². The van der Waals surface area contributed by atoms with Gasteiger partial charge in [-0.25, -0.2) is 4.98 Å². The summed E-state index contributed by atoms with van der Waals surface area (Å²) in [6.07, 6.45) is 2.99. The van der Waals surface area contributed by atoms with Crippen molar-refractivity contribution in [1.29, 1.82) is 0 Å². The van der Waals surface area contributed by atoms with E-state index in [4.69, 9.17) is 10.2 Å². The fraction of sp³-hybridized carbons (Fsp3) is 0.312. The van der Waals surface area contributed by atoms with Crippen molar-refractivity contribution in [3.63, 3.8) is 0 Å². The lowest BCUT2D eigenvalue weighted by atomic mass is 10.1. The Bertz CT molecular complexity index is 909. The molecule has 3 aromatic heterocycles. The van der Waals surface area contributed by atoms with Gasteiger partial charge in [0.25, 0.3) is 5.56 Å². The quantitative estimate of drug-likeness (QED) is 0.778. The number of furan rings is 1. The molecule has 0 radical (unpaired) electrons. The van der Waals surface area contributed by atoms with Gasteiger partial charge in [-0.05, 0) is 25.5 Å². The molecule has 0 aliphatic carbocycles. The predicted octanol–water partition coefficient (Wildman–Crippen LogP) is 2.72. The molecule has 0 fully saturated rings. The van der Waals surface area contributed by atoms with Crippen LogP contribution >= 0.6 is 11.3 Å². The Morgan fingerprint density at radius 1 is 1.52 bits per heavy atom. The molecule has 1 unspecified atom stereocenters. The molecule has 1 amide bonds. The van der Waals surface area contributed by atoms with Gasteiger partial charge in [0.05, 0.1) is 11.6 Å². The molecule has 0 aromatic carbocycles. The first kappa shape index (κ1) is 15.5. The zero-order chi connectivity index (χ0) is 16.6. The second-order valence-electron chi connectivity index (χ2n) is 5.34. The monoisotopic (exact) mass is 331 g/mol. The van der Waals surface area contributed by atoms with Crippen molar-refractivity contribution in [3.8, 4) is 11.3 Å². The summed E-state index contributed by atoms with van der Waals surface area (Å²) in [6, 6.07) is 2.82. The second kappa shape index (κ2) is 6.00. The van der Waals surface area contributed by atoms with Gasteiger partial charge in [-0.2, -0.15) is 0 Å². The zero-order valence-electron chi connectivity index (χ0n) is 12.9. The van der Waals surface area contributed by atoms with Gasteiger partial charge in [-0.3, -0.25) is 14.2 Å². The smallest absolute Gasteiger partial charge is 0.263 e. The third-order valence-corrected chi connectivity index (χ3v) is 4.64. The second-order valence-corrected chi connectivity index (χ2v) is 6.20. The molecule has 7 heteroatoms. The lowest BCUT2D eigenvalue weighted by molar-refractivity contribution is -0.120. The van der Waals surface area contributed by atoms with Gasteiger partial charge < -0.3 is 10.2 Å². The molecule has 120 valence electrons. The number of aromatic nitrogens is 2. The SMILES string of the molecule is CCCc1nc2scc(-c3ccco3)c2c(=O)n1C(C)C(N)=O. The van der Waals surface area contributed by atoms with Crippen LogP contribution in [0.5, 0.6) is 0 Å². The molecule has 0 bridgehead atoms. The first-order chi connectivity index (χ1) is 11.0. The molecule has 0 saturated heterocycles. The number of carbonyl (C=O) groups is 1. The van der Waals surface area contributed by atoms with Crippen LogP contribution in [-0.4, -0.2) is 15.5 Å². The van der Waals surface area contributed by atoms with Crippen LogP contribution < -0.4 is 11.3 Å². The van der Waals surface area contributed by atoms with Crippen molar-refractivity contribution >= 4 is 27.5 Å². The van der Waals surface area contributed by atoms with Gasteiger partial charge in [0, 0.05) is 17.4 Å². The van der Waals surface area contributed by atoms with Crippen molar-refractivity contribution in [3.05, 3.63) is 40.0 Å². The highest BCUT2D eigenvalue weighted by atomic mass is 32.1. The average Bonchev–Trinajstić information content (AvgIpc) is 3.15. The lowest BCUT2D eigenvalue weighted by Crippen LogP contribution is -2.35. The van der Waals surface area contributed by atoms with Gasteiger partial charge in [0.1, 0.15) is 22.5 Å². The highest BCUT2D eigenvalue weighted by molar-refractivity contribution is 7.17. The minimum atomic E-state index is -0.745. The van der Waals surface area contributed by atoms with Crippen LogP contribution in [-0.2, 0) is 11.2 Å². The number of hydrogen-bond acceptors (Lipinski definition) is 5. The summed E-state index contributed by atoms with van der Waals surface area (Å²) in [5.74, 6) is 0.640. The summed E-state index contributed by atoms with van der Waals surface area (Å²) in [6.45, 7) is 3.62. The van der Waals surface area contributed by atoms with Crippen molar-refractivity contribution in [2.45, 2.75) is 32.7 Å². The molecule has 23 heavy (non-hydrogen) atoms. The van der Waals surface area contributed by atoms with E-state index in [9.17, 15) is 9.59 Å². The third-order valence-electron chi connectivity index (χ3n) is 3.77. The molecule has 2 N–H and O–H groups in total. The van der Waals surface area contributed by atoms with E-state index in [1.165, 1.54) is 15.9 Å². The Morgan fingerprint density at radius 3 is 2.91 bits per heavy atom. The molecule has 3 rings (SSSR count). The number of hydrogen-bond donors (Lipinski definition) is 1. The minimum absolute atomic E-state index is 0.252. The Balaban J connectivity index is 2.33. The largest absolute Gasteiger partial charge is 0.464 e. The van der Waals surface area contributed by atoms with Gasteiger partial charge >= 0.3 is 0 Å². The first-order valence-corrected chi connectivity index (χ1v) is 8.28. The first-order valence-electron chi connectivity index (χ1n) is 7.40. The predicted molar refractivity (Wildman–Crippen MR) is 89.5 cm³/mol. The van der Waals surface area contributed by atoms with Gasteiger partial charge in [0.15, 0.2) is 0 Å². The Labute approximate surface area is 136 Å². The number of nitrogens with two attached hydrogens (primary N) is 1. The maximum Gasteiger partial charge on any atom is 0.263 e. The van der Waals surface area contributed by atoms with Crippen LogP contribution in [0.25, 0.3) is 21.5 Å². The summed E-state index contributed by atoms with van der Waals surface area (Å²) in [5, 5.41) is 2.32. The number of fused-ring (bicyclic) bond motifs is 1. The fourth-order valence-corrected chi connectivity index (χ4v) is 3.52. The van der Waals surface area contributed by atoms with E-state index < -0.39 is 11.9 Å². The molecule has 0 aliphatic heterocycles. The van der Waals surface area contributed by atoms with E-state index >= 15 is 0 Å². The van der Waals surface area contributed by atoms with Crippen molar-refractivity contribution in [1.82, 2.24) is 9.55 Å². The average molecular weight is 331 g/mol. The third kappa shape index (κ3) is 2.57. The van der Waals surface area contributed by atoms with Crippen molar-refractivity contribution < 1.29 is 9.21 Å². The zero-order valence-corrected chi connectivity index (χ0v) is 13.7. The summed E-state index contributed by atoms with van der Waals surface area (Å²) in [5.41, 5.74) is 5.85. The molecule has 0 aliphatic rings. The van der Waals surface area contributed by atoms with Crippen LogP contribution in [0.3, 0.4) is 0 Å². The van der Waals surface area contributed by atoms with Crippen LogP contribution in [0.1, 0.15) is 32.1 Å². The minimum Gasteiger partial charge on any atom is -0.464 e. The van der Waals surface area contributed by atoms with Crippen LogP contribution in [0, 0.1) is 0 Å². The van der Waals surface area contributed by atoms with Gasteiger partial charge in [-0.1, -0.05) is 6.92 Å². The van der Waals surface area contributed by atoms with Crippen LogP contribution in [0.15, 0.2) is 33.0 Å². The maximum atomic E-state index is 13.0.